The summed E-state index contributed by atoms with van der Waals surface area (Å²) in [6, 6.07) is 4.66. The van der Waals surface area contributed by atoms with Crippen LogP contribution < -0.4 is 11.3 Å². The van der Waals surface area contributed by atoms with Gasteiger partial charge < -0.3 is 10.3 Å². The number of benzene rings is 1. The average molecular weight is 266 g/mol. The molecule has 0 radical (unpaired) electrons. The van der Waals surface area contributed by atoms with Gasteiger partial charge in [-0.3, -0.25) is 16.0 Å². The second-order valence-corrected chi connectivity index (χ2v) is 5.16. The smallest absolute Gasteiger partial charge is 0.269 e. The fourth-order valence-electron chi connectivity index (χ4n) is 1.81. The van der Waals surface area contributed by atoms with Crippen LogP contribution in [0.2, 0.25) is 0 Å². The minimum atomic E-state index is -0.391. The Labute approximate surface area is 113 Å². The zero-order valence-electron chi connectivity index (χ0n) is 11.7. The number of hydrogen-bond donors (Lipinski definition) is 2. The van der Waals surface area contributed by atoms with E-state index in [1.54, 1.807) is 12.1 Å². The van der Waals surface area contributed by atoms with Crippen molar-refractivity contribution in [1.82, 2.24) is 4.90 Å². The molecule has 0 heterocycles. The van der Waals surface area contributed by atoms with Crippen LogP contribution in [0.15, 0.2) is 18.2 Å². The number of hydrogen-bond acceptors (Lipinski definition) is 5. The number of nitrogens with two attached hydrogens (primary N) is 1. The summed E-state index contributed by atoms with van der Waals surface area (Å²) in [5.74, 6) is 6.07. The Kier molecular flexibility index (Phi) is 5.72. The van der Waals surface area contributed by atoms with Crippen LogP contribution in [-0.4, -0.2) is 23.4 Å². The molecule has 0 unspecified atom stereocenters. The molecule has 0 aliphatic rings. The van der Waals surface area contributed by atoms with Gasteiger partial charge in [0.15, 0.2) is 0 Å². The van der Waals surface area contributed by atoms with Crippen molar-refractivity contribution < 1.29 is 4.92 Å². The molecule has 19 heavy (non-hydrogen) atoms. The van der Waals surface area contributed by atoms with Crippen LogP contribution in [0, 0.1) is 16.0 Å². The molecule has 0 fully saturated rings. The Balaban J connectivity index is 2.79. The van der Waals surface area contributed by atoms with Gasteiger partial charge in [0, 0.05) is 18.7 Å². The van der Waals surface area contributed by atoms with Crippen molar-refractivity contribution in [2.24, 2.45) is 11.8 Å². The molecule has 1 aromatic rings. The van der Waals surface area contributed by atoms with E-state index in [0.717, 1.165) is 24.2 Å². The predicted octanol–water partition coefficient (Wildman–Crippen LogP) is 2.36. The van der Waals surface area contributed by atoms with Crippen molar-refractivity contribution in [2.75, 3.05) is 19.0 Å². The number of nitrogens with one attached hydrogen (secondary N) is 1. The van der Waals surface area contributed by atoms with E-state index in [-0.39, 0.29) is 5.69 Å². The van der Waals surface area contributed by atoms with Gasteiger partial charge in [-0.25, -0.2) is 0 Å². The highest BCUT2D eigenvalue weighted by molar-refractivity contribution is 5.55. The average Bonchev–Trinajstić information content (AvgIpc) is 2.36. The van der Waals surface area contributed by atoms with Crippen LogP contribution in [0.25, 0.3) is 0 Å². The Hall–Kier alpha value is -1.66. The van der Waals surface area contributed by atoms with Crippen LogP contribution in [0.5, 0.6) is 0 Å². The van der Waals surface area contributed by atoms with Gasteiger partial charge in [0.25, 0.3) is 5.69 Å². The third-order valence-electron chi connectivity index (χ3n) is 2.98. The summed E-state index contributed by atoms with van der Waals surface area (Å²) in [6.07, 6.45) is 1.09. The van der Waals surface area contributed by atoms with E-state index >= 15 is 0 Å². The van der Waals surface area contributed by atoms with Crippen molar-refractivity contribution in [2.45, 2.75) is 26.8 Å². The van der Waals surface area contributed by atoms with Crippen molar-refractivity contribution >= 4 is 11.4 Å². The van der Waals surface area contributed by atoms with Gasteiger partial charge in [0.05, 0.1) is 10.6 Å². The number of rotatable bonds is 7. The first-order chi connectivity index (χ1) is 8.93. The third-order valence-corrected chi connectivity index (χ3v) is 2.98. The van der Waals surface area contributed by atoms with Gasteiger partial charge in [-0.1, -0.05) is 13.8 Å². The molecule has 0 bridgehead atoms. The molecule has 0 amide bonds. The van der Waals surface area contributed by atoms with Crippen molar-refractivity contribution in [3.8, 4) is 0 Å². The first kappa shape index (κ1) is 15.4. The second-order valence-electron chi connectivity index (χ2n) is 5.16. The first-order valence-corrected chi connectivity index (χ1v) is 6.36. The van der Waals surface area contributed by atoms with Crippen LogP contribution in [-0.2, 0) is 6.54 Å². The van der Waals surface area contributed by atoms with Gasteiger partial charge in [-0.05, 0) is 37.6 Å². The monoisotopic (exact) mass is 266 g/mol. The highest BCUT2D eigenvalue weighted by Crippen LogP contribution is 2.22. The maximum absolute atomic E-state index is 10.8. The fraction of sp³-hybridized carbons (Fsp3) is 0.538. The number of nitrogens with zero attached hydrogens (tertiary/aromatic N) is 2. The number of non-ortho nitro benzene ring substituents is 1. The Morgan fingerprint density at radius 3 is 2.68 bits per heavy atom. The van der Waals surface area contributed by atoms with Gasteiger partial charge in [0.2, 0.25) is 0 Å². The topological polar surface area (TPSA) is 84.4 Å². The quantitative estimate of drug-likeness (QED) is 0.449. The van der Waals surface area contributed by atoms with Crippen molar-refractivity contribution in [3.63, 3.8) is 0 Å². The Morgan fingerprint density at radius 2 is 2.16 bits per heavy atom. The summed E-state index contributed by atoms with van der Waals surface area (Å²) < 4.78 is 0. The standard InChI is InChI=1S/C13H22N4O2/c1-10(2)6-7-16(3)9-11-8-12(17(18)19)4-5-13(11)15-14/h4-5,8,10,15H,6-7,9,14H2,1-3H3. The molecule has 6 heteroatoms. The lowest BCUT2D eigenvalue weighted by atomic mass is 10.1. The van der Waals surface area contributed by atoms with E-state index in [0.29, 0.717) is 12.5 Å². The van der Waals surface area contributed by atoms with Gasteiger partial charge in [0.1, 0.15) is 0 Å². The van der Waals surface area contributed by atoms with Gasteiger partial charge in [-0.2, -0.15) is 0 Å². The lowest BCUT2D eigenvalue weighted by Gasteiger charge is -2.19. The molecule has 1 rings (SSSR count). The van der Waals surface area contributed by atoms with E-state index in [9.17, 15) is 10.1 Å². The van der Waals surface area contributed by atoms with Crippen LogP contribution in [0.4, 0.5) is 11.4 Å². The largest absolute Gasteiger partial charge is 0.324 e. The molecule has 0 atom stereocenters. The minimum absolute atomic E-state index is 0.0891. The molecular weight excluding hydrogens is 244 g/mol. The normalized spacial score (nSPS) is 11.1. The molecular formula is C13H22N4O2. The van der Waals surface area contributed by atoms with Gasteiger partial charge >= 0.3 is 0 Å². The molecule has 0 aromatic heterocycles. The number of anilines is 1. The SMILES string of the molecule is CC(C)CCN(C)Cc1cc([N+](=O)[O-])ccc1NN. The summed E-state index contributed by atoms with van der Waals surface area (Å²) in [5.41, 5.74) is 4.23. The number of nitro groups is 1. The molecule has 0 aliphatic carbocycles. The molecule has 6 nitrogen and oxygen atoms in total. The molecule has 0 aliphatic heterocycles. The van der Waals surface area contributed by atoms with Crippen LogP contribution in [0.1, 0.15) is 25.8 Å². The Bertz CT molecular complexity index is 435. The van der Waals surface area contributed by atoms with Crippen LogP contribution in [0.3, 0.4) is 0 Å². The van der Waals surface area contributed by atoms with Crippen molar-refractivity contribution in [3.05, 3.63) is 33.9 Å². The highest BCUT2D eigenvalue weighted by atomic mass is 16.6. The zero-order chi connectivity index (χ0) is 14.4. The molecule has 106 valence electrons. The van der Waals surface area contributed by atoms with E-state index in [4.69, 9.17) is 5.84 Å². The summed E-state index contributed by atoms with van der Waals surface area (Å²) in [4.78, 5) is 12.5. The summed E-state index contributed by atoms with van der Waals surface area (Å²) in [5, 5.41) is 10.8. The van der Waals surface area contributed by atoms with E-state index < -0.39 is 4.92 Å². The predicted molar refractivity (Wildman–Crippen MR) is 76.7 cm³/mol. The first-order valence-electron chi connectivity index (χ1n) is 6.36. The fourth-order valence-corrected chi connectivity index (χ4v) is 1.81. The number of nitrogen functional groups attached to an aromatic ring is 1. The summed E-state index contributed by atoms with van der Waals surface area (Å²) >= 11 is 0. The third kappa shape index (κ3) is 4.84. The maximum atomic E-state index is 10.8. The zero-order valence-corrected chi connectivity index (χ0v) is 11.7. The van der Waals surface area contributed by atoms with E-state index in [1.165, 1.54) is 6.07 Å². The number of hydrazine groups is 1. The van der Waals surface area contributed by atoms with Gasteiger partial charge in [-0.15, -0.1) is 0 Å². The summed E-state index contributed by atoms with van der Waals surface area (Å²) in [6.45, 7) is 5.93. The van der Waals surface area contributed by atoms with E-state index in [2.05, 4.69) is 24.2 Å². The Morgan fingerprint density at radius 1 is 1.47 bits per heavy atom. The summed E-state index contributed by atoms with van der Waals surface area (Å²) in [7, 11) is 2.00. The van der Waals surface area contributed by atoms with Crippen molar-refractivity contribution in [1.29, 1.82) is 0 Å². The molecule has 3 N–H and O–H groups in total. The lowest BCUT2D eigenvalue weighted by molar-refractivity contribution is -0.384. The molecule has 0 saturated heterocycles. The molecule has 0 saturated carbocycles. The maximum Gasteiger partial charge on any atom is 0.269 e. The highest BCUT2D eigenvalue weighted by Gasteiger charge is 2.12. The molecule has 1 aromatic carbocycles. The second kappa shape index (κ2) is 7.06. The number of nitro benzene ring substituents is 1. The van der Waals surface area contributed by atoms with Crippen LogP contribution >= 0.6 is 0 Å². The minimum Gasteiger partial charge on any atom is -0.324 e. The molecule has 0 spiro atoms. The lowest BCUT2D eigenvalue weighted by Crippen LogP contribution is -2.22. The van der Waals surface area contributed by atoms with E-state index in [1.807, 2.05) is 7.05 Å².